The van der Waals surface area contributed by atoms with Crippen molar-refractivity contribution in [1.29, 1.82) is 0 Å². The Hall–Kier alpha value is -1.91. The fourth-order valence-electron chi connectivity index (χ4n) is 3.69. The minimum Gasteiger partial charge on any atom is -0.444 e. The number of carbonyl (C=O) groups excluding carboxylic acids is 1. The number of benzene rings is 1. The first kappa shape index (κ1) is 16.0. The van der Waals surface area contributed by atoms with Crippen LogP contribution >= 0.6 is 0 Å². The van der Waals surface area contributed by atoms with Gasteiger partial charge in [0.15, 0.2) is 0 Å². The molecule has 1 aliphatic carbocycles. The molecule has 3 N–H and O–H groups in total. The number of para-hydroxylation sites is 2. The van der Waals surface area contributed by atoms with Gasteiger partial charge in [0.2, 0.25) is 0 Å². The fraction of sp³-hybridized carbons (Fsp3) is 0.611. The maximum Gasteiger partial charge on any atom is 0.410 e. The quantitative estimate of drug-likeness (QED) is 0.820. The normalized spacial score (nSPS) is 26.9. The van der Waals surface area contributed by atoms with Gasteiger partial charge < -0.3 is 20.7 Å². The van der Waals surface area contributed by atoms with E-state index in [-0.39, 0.29) is 11.5 Å². The molecule has 5 heteroatoms. The largest absolute Gasteiger partial charge is 0.444 e. The number of carbonyl (C=O) groups is 1. The van der Waals surface area contributed by atoms with E-state index >= 15 is 0 Å². The molecule has 0 bridgehead atoms. The van der Waals surface area contributed by atoms with Crippen LogP contribution in [0.2, 0.25) is 0 Å². The van der Waals surface area contributed by atoms with Gasteiger partial charge in [-0.15, -0.1) is 0 Å². The van der Waals surface area contributed by atoms with Crippen molar-refractivity contribution >= 4 is 17.5 Å². The Kier molecular flexibility index (Phi) is 3.90. The first-order chi connectivity index (χ1) is 10.8. The second-order valence-corrected chi connectivity index (χ2v) is 7.99. The molecule has 1 saturated carbocycles. The van der Waals surface area contributed by atoms with Crippen molar-refractivity contribution < 1.29 is 9.53 Å². The molecule has 0 unspecified atom stereocenters. The molecule has 1 spiro atoms. The Morgan fingerprint density at radius 2 is 2.04 bits per heavy atom. The summed E-state index contributed by atoms with van der Waals surface area (Å²) < 4.78 is 5.48. The molecule has 1 aliphatic heterocycles. The van der Waals surface area contributed by atoms with Crippen LogP contribution in [0.15, 0.2) is 24.3 Å². The number of ether oxygens (including phenoxy) is 1. The number of hydrogen-bond acceptors (Lipinski definition) is 4. The number of nitrogens with two attached hydrogens (primary N) is 1. The number of amides is 1. The Labute approximate surface area is 138 Å². The van der Waals surface area contributed by atoms with Crippen LogP contribution in [0.25, 0.3) is 0 Å². The number of likely N-dealkylation sites (tertiary alicyclic amines) is 1. The molecule has 2 aliphatic rings. The highest BCUT2D eigenvalue weighted by Gasteiger charge is 2.50. The van der Waals surface area contributed by atoms with Crippen LogP contribution in [-0.4, -0.2) is 35.7 Å². The summed E-state index contributed by atoms with van der Waals surface area (Å²) in [7, 11) is 0. The van der Waals surface area contributed by atoms with Crippen LogP contribution in [-0.2, 0) is 4.74 Å². The molecule has 3 rings (SSSR count). The Morgan fingerprint density at radius 1 is 1.35 bits per heavy atom. The zero-order valence-electron chi connectivity index (χ0n) is 14.3. The zero-order valence-corrected chi connectivity index (χ0v) is 14.3. The zero-order chi connectivity index (χ0) is 16.7. The van der Waals surface area contributed by atoms with E-state index in [4.69, 9.17) is 10.5 Å². The number of nitrogen functional groups attached to an aromatic ring is 1. The Bertz CT molecular complexity index is 588. The van der Waals surface area contributed by atoms with Crippen LogP contribution in [0.5, 0.6) is 0 Å². The number of rotatable bonds is 2. The number of anilines is 2. The fourth-order valence-corrected chi connectivity index (χ4v) is 3.69. The molecule has 5 nitrogen and oxygen atoms in total. The maximum atomic E-state index is 12.2. The third kappa shape index (κ3) is 3.54. The van der Waals surface area contributed by atoms with Gasteiger partial charge in [-0.25, -0.2) is 4.79 Å². The van der Waals surface area contributed by atoms with Crippen molar-refractivity contribution in [2.75, 3.05) is 24.1 Å². The van der Waals surface area contributed by atoms with Crippen molar-refractivity contribution in [2.24, 2.45) is 5.41 Å². The van der Waals surface area contributed by atoms with Gasteiger partial charge in [0, 0.05) is 19.1 Å². The summed E-state index contributed by atoms with van der Waals surface area (Å²) in [5.41, 5.74) is 7.61. The minimum absolute atomic E-state index is 0.182. The van der Waals surface area contributed by atoms with Crippen LogP contribution in [0.1, 0.15) is 40.0 Å². The van der Waals surface area contributed by atoms with Crippen LogP contribution in [0.4, 0.5) is 16.2 Å². The van der Waals surface area contributed by atoms with Crippen LogP contribution in [0, 0.1) is 5.41 Å². The summed E-state index contributed by atoms with van der Waals surface area (Å²) in [5.74, 6) is 0. The SMILES string of the molecule is CC(C)(C)OC(=O)N1CC[C@]2(C1)C[C@H](Nc1ccccc1N)C2. The first-order valence-electron chi connectivity index (χ1n) is 8.35. The van der Waals surface area contributed by atoms with Crippen molar-refractivity contribution in [1.82, 2.24) is 4.90 Å². The van der Waals surface area contributed by atoms with Gasteiger partial charge in [-0.3, -0.25) is 0 Å². The van der Waals surface area contributed by atoms with Crippen molar-refractivity contribution in [3.63, 3.8) is 0 Å². The molecule has 1 aromatic carbocycles. The molecular formula is C18H27N3O2. The van der Waals surface area contributed by atoms with Gasteiger partial charge in [0.25, 0.3) is 0 Å². The summed E-state index contributed by atoms with van der Waals surface area (Å²) >= 11 is 0. The summed E-state index contributed by atoms with van der Waals surface area (Å²) in [4.78, 5) is 14.0. The third-order valence-electron chi connectivity index (χ3n) is 4.77. The molecule has 1 saturated heterocycles. The maximum absolute atomic E-state index is 12.2. The Morgan fingerprint density at radius 3 is 2.70 bits per heavy atom. The van der Waals surface area contributed by atoms with Gasteiger partial charge in [0.1, 0.15) is 5.60 Å². The average Bonchev–Trinajstić information content (AvgIpc) is 2.84. The first-order valence-corrected chi connectivity index (χ1v) is 8.35. The number of nitrogens with zero attached hydrogens (tertiary/aromatic N) is 1. The highest BCUT2D eigenvalue weighted by atomic mass is 16.6. The Balaban J connectivity index is 1.51. The van der Waals surface area contributed by atoms with Crippen molar-refractivity contribution in [2.45, 2.75) is 51.7 Å². The van der Waals surface area contributed by atoms with Gasteiger partial charge in [-0.05, 0) is 57.6 Å². The molecule has 0 atom stereocenters. The smallest absolute Gasteiger partial charge is 0.410 e. The van der Waals surface area contributed by atoms with E-state index < -0.39 is 5.60 Å². The van der Waals surface area contributed by atoms with Crippen LogP contribution in [0.3, 0.4) is 0 Å². The predicted octanol–water partition coefficient (Wildman–Crippen LogP) is 3.47. The summed E-state index contributed by atoms with van der Waals surface area (Å²) in [5, 5.41) is 3.52. The summed E-state index contributed by atoms with van der Waals surface area (Å²) in [6.45, 7) is 7.33. The molecule has 126 valence electrons. The van der Waals surface area contributed by atoms with Crippen LogP contribution < -0.4 is 11.1 Å². The third-order valence-corrected chi connectivity index (χ3v) is 4.77. The van der Waals surface area contributed by atoms with Gasteiger partial charge in [-0.1, -0.05) is 12.1 Å². The van der Waals surface area contributed by atoms with E-state index in [0.29, 0.717) is 6.04 Å². The lowest BCUT2D eigenvalue weighted by molar-refractivity contribution is 0.0237. The highest BCUT2D eigenvalue weighted by Crippen LogP contribution is 2.49. The lowest BCUT2D eigenvalue weighted by atomic mass is 9.65. The molecule has 1 amide bonds. The highest BCUT2D eigenvalue weighted by molar-refractivity contribution is 5.69. The lowest BCUT2D eigenvalue weighted by Crippen LogP contribution is -2.47. The monoisotopic (exact) mass is 317 g/mol. The van der Waals surface area contributed by atoms with E-state index in [9.17, 15) is 4.79 Å². The van der Waals surface area contributed by atoms with Crippen molar-refractivity contribution in [3.05, 3.63) is 24.3 Å². The standard InChI is InChI=1S/C18H27N3O2/c1-17(2,3)23-16(22)21-9-8-18(12-21)10-13(11-18)20-15-7-5-4-6-14(15)19/h4-7,13,20H,8-12,19H2,1-3H3/t13-,18-. The number of hydrogen-bond donors (Lipinski definition) is 2. The summed E-state index contributed by atoms with van der Waals surface area (Å²) in [6.07, 6.45) is 3.05. The van der Waals surface area contributed by atoms with Gasteiger partial charge in [0.05, 0.1) is 11.4 Å². The predicted molar refractivity (Wildman–Crippen MR) is 92.4 cm³/mol. The second kappa shape index (κ2) is 5.62. The van der Waals surface area contributed by atoms with Gasteiger partial charge >= 0.3 is 6.09 Å². The lowest BCUT2D eigenvalue weighted by Gasteiger charge is -2.46. The molecule has 0 radical (unpaired) electrons. The van der Waals surface area contributed by atoms with E-state index in [0.717, 1.165) is 43.7 Å². The minimum atomic E-state index is -0.429. The molecule has 2 fully saturated rings. The summed E-state index contributed by atoms with van der Waals surface area (Å²) in [6, 6.07) is 8.31. The molecule has 0 aromatic heterocycles. The molecule has 1 heterocycles. The van der Waals surface area contributed by atoms with E-state index in [1.807, 2.05) is 49.9 Å². The van der Waals surface area contributed by atoms with E-state index in [2.05, 4.69) is 5.32 Å². The van der Waals surface area contributed by atoms with Crippen molar-refractivity contribution in [3.8, 4) is 0 Å². The molecule has 23 heavy (non-hydrogen) atoms. The van der Waals surface area contributed by atoms with E-state index in [1.165, 1.54) is 0 Å². The second-order valence-electron chi connectivity index (χ2n) is 7.99. The molecular weight excluding hydrogens is 290 g/mol. The molecule has 1 aromatic rings. The van der Waals surface area contributed by atoms with Gasteiger partial charge in [-0.2, -0.15) is 0 Å². The average molecular weight is 317 g/mol. The number of nitrogens with one attached hydrogen (secondary N) is 1. The topological polar surface area (TPSA) is 67.6 Å². The van der Waals surface area contributed by atoms with E-state index in [1.54, 1.807) is 0 Å².